The third-order valence-electron chi connectivity index (χ3n) is 2.24. The molecule has 0 aliphatic rings. The Morgan fingerprint density at radius 1 is 1.56 bits per heavy atom. The molecule has 0 radical (unpaired) electrons. The predicted molar refractivity (Wildman–Crippen MR) is 64.0 cm³/mol. The molecule has 100 valence electrons. The summed E-state index contributed by atoms with van der Waals surface area (Å²) in [5, 5.41) is 6.18. The lowest BCUT2D eigenvalue weighted by atomic mass is 10.4. The van der Waals surface area contributed by atoms with E-state index in [2.05, 4.69) is 10.5 Å². The Hall–Kier alpha value is -1.89. The van der Waals surface area contributed by atoms with E-state index in [1.54, 1.807) is 13.0 Å². The van der Waals surface area contributed by atoms with Crippen molar-refractivity contribution in [1.82, 2.24) is 10.1 Å². The smallest absolute Gasteiger partial charge is 0.245 e. The van der Waals surface area contributed by atoms with Gasteiger partial charge in [-0.3, -0.25) is 9.59 Å². The summed E-state index contributed by atoms with van der Waals surface area (Å²) in [6, 6.07) is 1.60. The van der Waals surface area contributed by atoms with Crippen LogP contribution in [-0.2, 0) is 14.3 Å². The molecule has 0 bridgehead atoms. The molecule has 2 amide bonds. The minimum atomic E-state index is -0.324. The topological polar surface area (TPSA) is 84.7 Å². The molecule has 0 saturated carbocycles. The second kappa shape index (κ2) is 6.75. The van der Waals surface area contributed by atoms with Crippen molar-refractivity contribution in [3.63, 3.8) is 0 Å². The van der Waals surface area contributed by atoms with Gasteiger partial charge in [-0.1, -0.05) is 5.16 Å². The number of aryl methyl sites for hydroxylation is 1. The van der Waals surface area contributed by atoms with Crippen molar-refractivity contribution in [2.45, 2.75) is 13.8 Å². The van der Waals surface area contributed by atoms with E-state index in [4.69, 9.17) is 9.26 Å². The number of nitrogens with zero attached hydrogens (tertiary/aromatic N) is 2. The fraction of sp³-hybridized carbons (Fsp3) is 0.545. The Morgan fingerprint density at radius 3 is 2.78 bits per heavy atom. The van der Waals surface area contributed by atoms with Crippen LogP contribution >= 0.6 is 0 Å². The Bertz CT molecular complexity index is 416. The van der Waals surface area contributed by atoms with E-state index >= 15 is 0 Å². The van der Waals surface area contributed by atoms with Crippen molar-refractivity contribution in [1.29, 1.82) is 0 Å². The number of aromatic nitrogens is 1. The zero-order chi connectivity index (χ0) is 13.5. The van der Waals surface area contributed by atoms with Crippen LogP contribution < -0.4 is 5.32 Å². The second-order valence-electron chi connectivity index (χ2n) is 3.80. The van der Waals surface area contributed by atoms with Gasteiger partial charge in [-0.25, -0.2) is 0 Å². The molecule has 0 saturated heterocycles. The predicted octanol–water partition coefficient (Wildman–Crippen LogP) is 0.416. The van der Waals surface area contributed by atoms with Crippen molar-refractivity contribution in [3.05, 3.63) is 11.8 Å². The number of ether oxygens (including phenoxy) is 1. The van der Waals surface area contributed by atoms with Crippen LogP contribution in [0.4, 0.5) is 5.82 Å². The summed E-state index contributed by atoms with van der Waals surface area (Å²) in [4.78, 5) is 24.4. The zero-order valence-electron chi connectivity index (χ0n) is 10.7. The van der Waals surface area contributed by atoms with Gasteiger partial charge in [0.2, 0.25) is 11.8 Å². The average Bonchev–Trinajstić information content (AvgIpc) is 2.69. The van der Waals surface area contributed by atoms with Gasteiger partial charge in [0.25, 0.3) is 0 Å². The van der Waals surface area contributed by atoms with Crippen LogP contribution in [-0.4, -0.2) is 48.7 Å². The maximum absolute atomic E-state index is 11.7. The van der Waals surface area contributed by atoms with E-state index in [-0.39, 0.29) is 18.4 Å². The number of carbonyl (C=O) groups excluding carboxylic acids is 2. The molecule has 1 aromatic rings. The molecule has 1 aromatic heterocycles. The third-order valence-corrected chi connectivity index (χ3v) is 2.24. The molecule has 0 atom stereocenters. The van der Waals surface area contributed by atoms with Gasteiger partial charge in [0.05, 0.1) is 13.2 Å². The van der Waals surface area contributed by atoms with Gasteiger partial charge in [-0.05, 0) is 6.92 Å². The Balaban J connectivity index is 2.48. The van der Waals surface area contributed by atoms with Crippen molar-refractivity contribution >= 4 is 17.6 Å². The van der Waals surface area contributed by atoms with Crippen LogP contribution in [0.5, 0.6) is 0 Å². The zero-order valence-corrected chi connectivity index (χ0v) is 10.7. The first-order valence-electron chi connectivity index (χ1n) is 5.50. The molecule has 0 unspecified atom stereocenters. The minimum absolute atomic E-state index is 0.0371. The summed E-state index contributed by atoms with van der Waals surface area (Å²) in [7, 11) is 1.54. The second-order valence-corrected chi connectivity index (χ2v) is 3.80. The highest BCUT2D eigenvalue weighted by atomic mass is 16.5. The Morgan fingerprint density at radius 2 is 2.28 bits per heavy atom. The lowest BCUT2D eigenvalue weighted by Gasteiger charge is -2.19. The van der Waals surface area contributed by atoms with Crippen LogP contribution in [0.2, 0.25) is 0 Å². The Labute approximate surface area is 105 Å². The minimum Gasteiger partial charge on any atom is -0.383 e. The van der Waals surface area contributed by atoms with Crippen LogP contribution in [0.1, 0.15) is 12.7 Å². The molecular weight excluding hydrogens is 238 g/mol. The number of rotatable bonds is 6. The SMILES string of the molecule is COCCN(CC(=O)Nc1cc(C)on1)C(C)=O. The molecule has 0 aliphatic carbocycles. The molecule has 0 spiro atoms. The summed E-state index contributed by atoms with van der Waals surface area (Å²) in [5.74, 6) is 0.439. The van der Waals surface area contributed by atoms with Crippen LogP contribution in [0.3, 0.4) is 0 Å². The highest BCUT2D eigenvalue weighted by Gasteiger charge is 2.14. The molecule has 7 nitrogen and oxygen atoms in total. The van der Waals surface area contributed by atoms with E-state index in [1.807, 2.05) is 0 Å². The number of methoxy groups -OCH3 is 1. The third kappa shape index (κ3) is 4.54. The number of carbonyl (C=O) groups is 2. The van der Waals surface area contributed by atoms with Gasteiger partial charge in [0.1, 0.15) is 5.76 Å². The highest BCUT2D eigenvalue weighted by molar-refractivity contribution is 5.93. The number of anilines is 1. The van der Waals surface area contributed by atoms with Gasteiger partial charge in [-0.15, -0.1) is 0 Å². The summed E-state index contributed by atoms with van der Waals surface area (Å²) in [6.07, 6.45) is 0. The fourth-order valence-corrected chi connectivity index (χ4v) is 1.33. The summed E-state index contributed by atoms with van der Waals surface area (Å²) in [6.45, 7) is 3.85. The normalized spacial score (nSPS) is 10.2. The molecule has 0 aromatic carbocycles. The fourth-order valence-electron chi connectivity index (χ4n) is 1.33. The van der Waals surface area contributed by atoms with Crippen LogP contribution in [0, 0.1) is 6.92 Å². The molecule has 0 aliphatic heterocycles. The standard InChI is InChI=1S/C11H17N3O4/c1-8-6-10(13-18-8)12-11(16)7-14(9(2)15)4-5-17-3/h6H,4-5,7H2,1-3H3,(H,12,13,16). The van der Waals surface area contributed by atoms with Crippen molar-refractivity contribution in [2.24, 2.45) is 0 Å². The van der Waals surface area contributed by atoms with E-state index in [0.29, 0.717) is 24.7 Å². The molecule has 1 heterocycles. The first kappa shape index (κ1) is 14.2. The van der Waals surface area contributed by atoms with Gasteiger partial charge < -0.3 is 19.5 Å². The largest absolute Gasteiger partial charge is 0.383 e. The van der Waals surface area contributed by atoms with Gasteiger partial charge in [0.15, 0.2) is 5.82 Å². The maximum Gasteiger partial charge on any atom is 0.245 e. The number of hydrogen-bond donors (Lipinski definition) is 1. The van der Waals surface area contributed by atoms with Crippen LogP contribution in [0.15, 0.2) is 10.6 Å². The molecule has 7 heteroatoms. The average molecular weight is 255 g/mol. The molecule has 1 N–H and O–H groups in total. The lowest BCUT2D eigenvalue weighted by molar-refractivity contribution is -0.133. The first-order valence-corrected chi connectivity index (χ1v) is 5.50. The lowest BCUT2D eigenvalue weighted by Crippen LogP contribution is -2.38. The molecule has 18 heavy (non-hydrogen) atoms. The van der Waals surface area contributed by atoms with Crippen molar-refractivity contribution in [3.8, 4) is 0 Å². The monoisotopic (exact) mass is 255 g/mol. The molecular formula is C11H17N3O4. The molecule has 0 fully saturated rings. The summed E-state index contributed by atoms with van der Waals surface area (Å²) >= 11 is 0. The first-order chi connectivity index (χ1) is 8.52. The van der Waals surface area contributed by atoms with E-state index in [9.17, 15) is 9.59 Å². The van der Waals surface area contributed by atoms with E-state index in [1.165, 1.54) is 18.9 Å². The van der Waals surface area contributed by atoms with Crippen molar-refractivity contribution < 1.29 is 18.8 Å². The van der Waals surface area contributed by atoms with E-state index < -0.39 is 0 Å². The quantitative estimate of drug-likeness (QED) is 0.796. The summed E-state index contributed by atoms with van der Waals surface area (Å²) < 4.78 is 9.69. The molecule has 1 rings (SSSR count). The highest BCUT2D eigenvalue weighted by Crippen LogP contribution is 2.06. The van der Waals surface area contributed by atoms with Crippen molar-refractivity contribution in [2.75, 3.05) is 32.1 Å². The van der Waals surface area contributed by atoms with E-state index in [0.717, 1.165) is 0 Å². The maximum atomic E-state index is 11.7. The number of nitrogens with one attached hydrogen (secondary N) is 1. The number of amides is 2. The number of hydrogen-bond acceptors (Lipinski definition) is 5. The van der Waals surface area contributed by atoms with Gasteiger partial charge in [-0.2, -0.15) is 0 Å². The van der Waals surface area contributed by atoms with Crippen LogP contribution in [0.25, 0.3) is 0 Å². The van der Waals surface area contributed by atoms with Gasteiger partial charge >= 0.3 is 0 Å². The Kier molecular flexibility index (Phi) is 5.31. The summed E-state index contributed by atoms with van der Waals surface area (Å²) in [5.41, 5.74) is 0. The van der Waals surface area contributed by atoms with Gasteiger partial charge in [0, 0.05) is 26.6 Å².